The van der Waals surface area contributed by atoms with Gasteiger partial charge in [-0.15, -0.1) is 0 Å². The van der Waals surface area contributed by atoms with Crippen LogP contribution in [0.2, 0.25) is 0 Å². The molecule has 1 amide bonds. The number of carboxylic acid groups (broad SMARTS) is 1. The fourth-order valence-electron chi connectivity index (χ4n) is 1.46. The van der Waals surface area contributed by atoms with Crippen LogP contribution in [0.5, 0.6) is 0 Å². The van der Waals surface area contributed by atoms with E-state index in [1.807, 2.05) is 19.9 Å². The third-order valence-corrected chi connectivity index (χ3v) is 2.55. The molecule has 0 atom stereocenters. The maximum absolute atomic E-state index is 11.9. The van der Waals surface area contributed by atoms with Gasteiger partial charge in [0.05, 0.1) is 0 Å². The van der Waals surface area contributed by atoms with Gasteiger partial charge in [0, 0.05) is 12.6 Å². The normalized spacial score (nSPS) is 9.94. The lowest BCUT2D eigenvalue weighted by Gasteiger charge is -2.16. The first kappa shape index (κ1) is 12.2. The average molecular weight is 221 g/mol. The molecule has 1 aromatic carbocycles. The van der Waals surface area contributed by atoms with Gasteiger partial charge in [-0.3, -0.25) is 9.59 Å². The number of rotatable bonds is 3. The summed E-state index contributed by atoms with van der Waals surface area (Å²) in [6.07, 6.45) is 0. The minimum Gasteiger partial charge on any atom is -0.480 e. The molecule has 0 aliphatic rings. The zero-order chi connectivity index (χ0) is 12.3. The quantitative estimate of drug-likeness (QED) is 0.840. The van der Waals surface area contributed by atoms with Gasteiger partial charge in [0.2, 0.25) is 0 Å². The molecule has 0 aromatic heterocycles. The van der Waals surface area contributed by atoms with Crippen molar-refractivity contribution in [2.24, 2.45) is 0 Å². The standard InChI is InChI=1S/C12H15NO3/c1-8-5-4-6-10(9(8)2)12(16)13(3)7-11(14)15/h4-6H,7H2,1-3H3,(H,14,15). The Morgan fingerprint density at radius 1 is 1.31 bits per heavy atom. The molecule has 1 aromatic rings. The number of aliphatic carboxylic acids is 1. The molecule has 0 heterocycles. The molecule has 0 radical (unpaired) electrons. The van der Waals surface area contributed by atoms with Gasteiger partial charge in [0.1, 0.15) is 6.54 Å². The highest BCUT2D eigenvalue weighted by Gasteiger charge is 2.16. The Morgan fingerprint density at radius 2 is 1.94 bits per heavy atom. The van der Waals surface area contributed by atoms with Crippen LogP contribution in [0.25, 0.3) is 0 Å². The fraction of sp³-hybridized carbons (Fsp3) is 0.333. The summed E-state index contributed by atoms with van der Waals surface area (Å²) < 4.78 is 0. The zero-order valence-corrected chi connectivity index (χ0v) is 9.65. The number of carbonyl (C=O) groups excluding carboxylic acids is 1. The van der Waals surface area contributed by atoms with Crippen molar-refractivity contribution in [3.63, 3.8) is 0 Å². The predicted octanol–water partition coefficient (Wildman–Crippen LogP) is 1.46. The SMILES string of the molecule is Cc1cccc(C(=O)N(C)CC(=O)O)c1C. The fourth-order valence-corrected chi connectivity index (χ4v) is 1.46. The van der Waals surface area contributed by atoms with E-state index in [1.54, 1.807) is 12.1 Å². The number of nitrogens with zero attached hydrogens (tertiary/aromatic N) is 1. The lowest BCUT2D eigenvalue weighted by atomic mass is 10.0. The van der Waals surface area contributed by atoms with Crippen LogP contribution in [-0.2, 0) is 4.79 Å². The predicted molar refractivity (Wildman–Crippen MR) is 60.5 cm³/mol. The van der Waals surface area contributed by atoms with Crippen LogP contribution >= 0.6 is 0 Å². The molecule has 1 N–H and O–H groups in total. The maximum atomic E-state index is 11.9. The third-order valence-electron chi connectivity index (χ3n) is 2.55. The summed E-state index contributed by atoms with van der Waals surface area (Å²) in [5.74, 6) is -1.27. The molecule has 0 saturated heterocycles. The van der Waals surface area contributed by atoms with Crippen LogP contribution in [0.4, 0.5) is 0 Å². The minimum absolute atomic E-state index is 0.261. The van der Waals surface area contributed by atoms with Crippen LogP contribution in [0, 0.1) is 13.8 Å². The van der Waals surface area contributed by atoms with E-state index < -0.39 is 5.97 Å². The third kappa shape index (κ3) is 2.59. The molecular weight excluding hydrogens is 206 g/mol. The average Bonchev–Trinajstić information content (AvgIpc) is 2.20. The Bertz CT molecular complexity index is 426. The van der Waals surface area contributed by atoms with Crippen molar-refractivity contribution >= 4 is 11.9 Å². The van der Waals surface area contributed by atoms with Gasteiger partial charge in [0.15, 0.2) is 0 Å². The first-order chi connectivity index (χ1) is 7.43. The van der Waals surface area contributed by atoms with Crippen LogP contribution in [0.1, 0.15) is 21.5 Å². The maximum Gasteiger partial charge on any atom is 0.323 e. The zero-order valence-electron chi connectivity index (χ0n) is 9.65. The molecule has 4 nitrogen and oxygen atoms in total. The van der Waals surface area contributed by atoms with Gasteiger partial charge in [-0.05, 0) is 31.0 Å². The highest BCUT2D eigenvalue weighted by molar-refractivity contribution is 5.97. The Balaban J connectivity index is 2.96. The molecule has 1 rings (SSSR count). The van der Waals surface area contributed by atoms with Crippen molar-refractivity contribution in [1.82, 2.24) is 4.90 Å². The van der Waals surface area contributed by atoms with Crippen LogP contribution in [0.3, 0.4) is 0 Å². The van der Waals surface area contributed by atoms with Gasteiger partial charge in [0.25, 0.3) is 5.91 Å². The summed E-state index contributed by atoms with van der Waals surface area (Å²) in [5, 5.41) is 8.61. The molecular formula is C12H15NO3. The van der Waals surface area contributed by atoms with E-state index in [0.717, 1.165) is 11.1 Å². The van der Waals surface area contributed by atoms with E-state index in [2.05, 4.69) is 0 Å². The van der Waals surface area contributed by atoms with Crippen LogP contribution < -0.4 is 0 Å². The molecule has 4 heteroatoms. The summed E-state index contributed by atoms with van der Waals surface area (Å²) in [6.45, 7) is 3.49. The molecule has 86 valence electrons. The lowest BCUT2D eigenvalue weighted by Crippen LogP contribution is -2.32. The number of aryl methyl sites for hydroxylation is 1. The number of carbonyl (C=O) groups is 2. The Hall–Kier alpha value is -1.84. The molecule has 0 saturated carbocycles. The molecule has 0 unspecified atom stereocenters. The van der Waals surface area contributed by atoms with Gasteiger partial charge < -0.3 is 10.0 Å². The summed E-state index contributed by atoms with van der Waals surface area (Å²) in [4.78, 5) is 23.6. The largest absolute Gasteiger partial charge is 0.480 e. The second kappa shape index (κ2) is 4.79. The van der Waals surface area contributed by atoms with Crippen molar-refractivity contribution < 1.29 is 14.7 Å². The Kier molecular flexibility index (Phi) is 3.66. The first-order valence-electron chi connectivity index (χ1n) is 4.97. The number of hydrogen-bond donors (Lipinski definition) is 1. The number of hydrogen-bond acceptors (Lipinski definition) is 2. The van der Waals surface area contributed by atoms with Crippen molar-refractivity contribution in [3.05, 3.63) is 34.9 Å². The van der Waals surface area contributed by atoms with Crippen molar-refractivity contribution in [2.75, 3.05) is 13.6 Å². The topological polar surface area (TPSA) is 57.6 Å². The van der Waals surface area contributed by atoms with E-state index in [0.29, 0.717) is 5.56 Å². The number of benzene rings is 1. The first-order valence-corrected chi connectivity index (χ1v) is 4.97. The lowest BCUT2D eigenvalue weighted by molar-refractivity contribution is -0.137. The highest BCUT2D eigenvalue weighted by atomic mass is 16.4. The Labute approximate surface area is 94.5 Å². The molecule has 16 heavy (non-hydrogen) atoms. The van der Waals surface area contributed by atoms with Gasteiger partial charge in [-0.25, -0.2) is 0 Å². The molecule has 0 spiro atoms. The van der Waals surface area contributed by atoms with Crippen LogP contribution in [-0.4, -0.2) is 35.5 Å². The van der Waals surface area contributed by atoms with Gasteiger partial charge >= 0.3 is 5.97 Å². The molecule has 0 aliphatic carbocycles. The number of amides is 1. The second-order valence-corrected chi connectivity index (χ2v) is 3.80. The summed E-state index contributed by atoms with van der Waals surface area (Å²) in [5.41, 5.74) is 2.48. The van der Waals surface area contributed by atoms with Crippen molar-refractivity contribution in [2.45, 2.75) is 13.8 Å². The number of carboxylic acids is 1. The summed E-state index contributed by atoms with van der Waals surface area (Å²) >= 11 is 0. The van der Waals surface area contributed by atoms with Gasteiger partial charge in [-0.1, -0.05) is 12.1 Å². The Morgan fingerprint density at radius 3 is 2.50 bits per heavy atom. The summed E-state index contributed by atoms with van der Waals surface area (Å²) in [6, 6.07) is 5.43. The molecule has 0 aliphatic heterocycles. The van der Waals surface area contributed by atoms with Crippen molar-refractivity contribution in [1.29, 1.82) is 0 Å². The molecule has 0 fully saturated rings. The molecule has 0 bridgehead atoms. The smallest absolute Gasteiger partial charge is 0.323 e. The van der Waals surface area contributed by atoms with E-state index in [9.17, 15) is 9.59 Å². The van der Waals surface area contributed by atoms with E-state index in [4.69, 9.17) is 5.11 Å². The van der Waals surface area contributed by atoms with Crippen molar-refractivity contribution in [3.8, 4) is 0 Å². The van der Waals surface area contributed by atoms with Crippen LogP contribution in [0.15, 0.2) is 18.2 Å². The van der Waals surface area contributed by atoms with Gasteiger partial charge in [-0.2, -0.15) is 0 Å². The van der Waals surface area contributed by atoms with E-state index in [-0.39, 0.29) is 12.5 Å². The monoisotopic (exact) mass is 221 g/mol. The summed E-state index contributed by atoms with van der Waals surface area (Å²) in [7, 11) is 1.48. The van der Waals surface area contributed by atoms with E-state index >= 15 is 0 Å². The van der Waals surface area contributed by atoms with E-state index in [1.165, 1.54) is 11.9 Å². The highest BCUT2D eigenvalue weighted by Crippen LogP contribution is 2.14. The minimum atomic E-state index is -1.01. The number of likely N-dealkylation sites (N-methyl/N-ethyl adjacent to an activating group) is 1. The second-order valence-electron chi connectivity index (χ2n) is 3.80.